The van der Waals surface area contributed by atoms with Crippen LogP contribution in [-0.4, -0.2) is 37.0 Å². The molecule has 0 saturated carbocycles. The van der Waals surface area contributed by atoms with Crippen molar-refractivity contribution in [1.82, 2.24) is 5.32 Å². The molecule has 3 N–H and O–H groups in total. The lowest BCUT2D eigenvalue weighted by Gasteiger charge is -2.29. The zero-order valence-electron chi connectivity index (χ0n) is 16.5. The third kappa shape index (κ3) is 3.49. The molecule has 2 aliphatic rings. The maximum atomic E-state index is 13.3. The minimum Gasteiger partial charge on any atom is -0.497 e. The second-order valence-corrected chi connectivity index (χ2v) is 8.42. The number of nitrogens with one attached hydrogen (secondary N) is 3. The Hall–Kier alpha value is -2.51. The molecule has 0 aromatic heterocycles. The lowest BCUT2D eigenvalue weighted by molar-refractivity contribution is -0.130. The average Bonchev–Trinajstić information content (AvgIpc) is 3.26. The van der Waals surface area contributed by atoms with E-state index in [0.29, 0.717) is 12.1 Å². The van der Waals surface area contributed by atoms with Crippen molar-refractivity contribution < 1.29 is 14.3 Å². The number of rotatable bonds is 6. The molecule has 152 valence electrons. The van der Waals surface area contributed by atoms with E-state index in [1.54, 1.807) is 43.1 Å². The van der Waals surface area contributed by atoms with Crippen molar-refractivity contribution in [2.45, 2.75) is 24.4 Å². The van der Waals surface area contributed by atoms with E-state index in [9.17, 15) is 9.59 Å². The van der Waals surface area contributed by atoms with Crippen molar-refractivity contribution in [2.75, 3.05) is 29.8 Å². The van der Waals surface area contributed by atoms with Crippen LogP contribution in [0.2, 0.25) is 0 Å². The van der Waals surface area contributed by atoms with Crippen LogP contribution in [0, 0.1) is 5.92 Å². The third-order valence-corrected chi connectivity index (χ3v) is 6.42. The van der Waals surface area contributed by atoms with E-state index in [2.05, 4.69) is 22.2 Å². The standard InChI is InChI=1S/C22H25N3O3S/c1-28-16-9-7-14(8-10-16)23-20(26)18-13-15(11-12-29-2)25-22(18)17-5-3-4-6-19(17)24-21(22)27/h3-10,15,18,25H,11-13H2,1-2H3,(H,23,26)(H,24,27)/t15-,18+,22-/m0/s1. The van der Waals surface area contributed by atoms with Gasteiger partial charge in [-0.2, -0.15) is 11.8 Å². The van der Waals surface area contributed by atoms with E-state index < -0.39 is 11.5 Å². The number of amides is 2. The molecular weight excluding hydrogens is 386 g/mol. The minimum atomic E-state index is -1.03. The molecular formula is C22H25N3O3S. The predicted octanol–water partition coefficient (Wildman–Crippen LogP) is 3.21. The first kappa shape index (κ1) is 19.8. The van der Waals surface area contributed by atoms with E-state index in [-0.39, 0.29) is 17.9 Å². The van der Waals surface area contributed by atoms with E-state index in [4.69, 9.17) is 4.74 Å². The lowest BCUT2D eigenvalue weighted by Crippen LogP contribution is -2.52. The van der Waals surface area contributed by atoms with Crippen LogP contribution in [0.25, 0.3) is 0 Å². The number of ether oxygens (including phenoxy) is 1. The summed E-state index contributed by atoms with van der Waals surface area (Å²) in [5, 5.41) is 9.50. The number of methoxy groups -OCH3 is 1. The van der Waals surface area contributed by atoms with Gasteiger partial charge < -0.3 is 15.4 Å². The number of fused-ring (bicyclic) bond motifs is 2. The molecule has 0 bridgehead atoms. The molecule has 2 amide bonds. The summed E-state index contributed by atoms with van der Waals surface area (Å²) in [7, 11) is 1.60. The molecule has 0 radical (unpaired) electrons. The molecule has 2 aromatic rings. The molecule has 1 fully saturated rings. The quantitative estimate of drug-likeness (QED) is 0.680. The number of benzene rings is 2. The summed E-state index contributed by atoms with van der Waals surface area (Å²) in [6.45, 7) is 0. The fourth-order valence-electron chi connectivity index (χ4n) is 4.37. The number of anilines is 2. The van der Waals surface area contributed by atoms with E-state index in [0.717, 1.165) is 29.2 Å². The first-order valence-corrected chi connectivity index (χ1v) is 11.1. The highest BCUT2D eigenvalue weighted by molar-refractivity contribution is 7.98. The Morgan fingerprint density at radius 2 is 2.00 bits per heavy atom. The summed E-state index contributed by atoms with van der Waals surface area (Å²) in [5.41, 5.74) is 1.28. The monoisotopic (exact) mass is 411 g/mol. The molecule has 2 aromatic carbocycles. The van der Waals surface area contributed by atoms with Gasteiger partial charge in [0.1, 0.15) is 11.3 Å². The highest BCUT2D eigenvalue weighted by Gasteiger charge is 2.59. The number of carbonyl (C=O) groups is 2. The van der Waals surface area contributed by atoms with Gasteiger partial charge >= 0.3 is 0 Å². The number of thioether (sulfide) groups is 1. The smallest absolute Gasteiger partial charge is 0.250 e. The summed E-state index contributed by atoms with van der Waals surface area (Å²) in [5.74, 6) is 0.897. The van der Waals surface area contributed by atoms with Crippen LogP contribution in [0.3, 0.4) is 0 Å². The molecule has 1 spiro atoms. The van der Waals surface area contributed by atoms with Gasteiger partial charge in [-0.3, -0.25) is 14.9 Å². The van der Waals surface area contributed by atoms with Gasteiger partial charge in [0.15, 0.2) is 0 Å². The molecule has 3 atom stereocenters. The number of para-hydroxylation sites is 1. The summed E-state index contributed by atoms with van der Waals surface area (Å²) >= 11 is 1.77. The van der Waals surface area contributed by atoms with Crippen LogP contribution in [0.4, 0.5) is 11.4 Å². The van der Waals surface area contributed by atoms with Crippen molar-refractivity contribution in [2.24, 2.45) is 5.92 Å². The van der Waals surface area contributed by atoms with Crippen LogP contribution in [0.15, 0.2) is 48.5 Å². The SMILES string of the molecule is COc1ccc(NC(=O)[C@H]2C[C@H](CCSC)N[C@]23C(=O)Nc2ccccc23)cc1. The van der Waals surface area contributed by atoms with Gasteiger partial charge in [-0.15, -0.1) is 0 Å². The Kier molecular flexibility index (Phi) is 5.52. The van der Waals surface area contributed by atoms with Gasteiger partial charge in [0.2, 0.25) is 11.8 Å². The van der Waals surface area contributed by atoms with E-state index in [1.807, 2.05) is 24.3 Å². The minimum absolute atomic E-state index is 0.103. The second kappa shape index (κ2) is 8.08. The maximum absolute atomic E-state index is 13.3. The highest BCUT2D eigenvalue weighted by atomic mass is 32.2. The van der Waals surface area contributed by atoms with Crippen molar-refractivity contribution in [3.05, 3.63) is 54.1 Å². The van der Waals surface area contributed by atoms with Gasteiger partial charge in [-0.05, 0) is 55.2 Å². The zero-order valence-corrected chi connectivity index (χ0v) is 17.3. The topological polar surface area (TPSA) is 79.5 Å². The van der Waals surface area contributed by atoms with Crippen LogP contribution in [0.1, 0.15) is 18.4 Å². The molecule has 0 aliphatic carbocycles. The van der Waals surface area contributed by atoms with Crippen molar-refractivity contribution >= 4 is 35.0 Å². The van der Waals surface area contributed by atoms with Gasteiger partial charge in [-0.1, -0.05) is 18.2 Å². The van der Waals surface area contributed by atoms with E-state index in [1.165, 1.54) is 0 Å². The van der Waals surface area contributed by atoms with Gasteiger partial charge in [0.05, 0.1) is 13.0 Å². The van der Waals surface area contributed by atoms with Gasteiger partial charge in [-0.25, -0.2) is 0 Å². The fraction of sp³-hybridized carbons (Fsp3) is 0.364. The molecule has 2 aliphatic heterocycles. The first-order chi connectivity index (χ1) is 14.1. The molecule has 1 saturated heterocycles. The Labute approximate surface area is 174 Å². The predicted molar refractivity (Wildman–Crippen MR) is 116 cm³/mol. The molecule has 29 heavy (non-hydrogen) atoms. The maximum Gasteiger partial charge on any atom is 0.250 e. The van der Waals surface area contributed by atoms with Gasteiger partial charge in [0, 0.05) is 23.0 Å². The Morgan fingerprint density at radius 3 is 2.72 bits per heavy atom. The van der Waals surface area contributed by atoms with Crippen molar-refractivity contribution in [3.8, 4) is 5.75 Å². The summed E-state index contributed by atoms with van der Waals surface area (Å²) in [6.07, 6.45) is 3.59. The van der Waals surface area contributed by atoms with Crippen molar-refractivity contribution in [3.63, 3.8) is 0 Å². The molecule has 4 rings (SSSR count). The number of carbonyl (C=O) groups excluding carboxylic acids is 2. The fourth-order valence-corrected chi connectivity index (χ4v) is 4.89. The largest absolute Gasteiger partial charge is 0.497 e. The number of hydrogen-bond acceptors (Lipinski definition) is 5. The Morgan fingerprint density at radius 1 is 1.24 bits per heavy atom. The first-order valence-electron chi connectivity index (χ1n) is 9.71. The normalized spacial score (nSPS) is 25.0. The lowest BCUT2D eigenvalue weighted by atomic mass is 9.79. The number of hydrogen-bond donors (Lipinski definition) is 3. The summed E-state index contributed by atoms with van der Waals surface area (Å²) < 4.78 is 5.18. The Bertz CT molecular complexity index is 918. The summed E-state index contributed by atoms with van der Waals surface area (Å²) in [6, 6.07) is 14.9. The zero-order chi connectivity index (χ0) is 20.4. The van der Waals surface area contributed by atoms with Crippen molar-refractivity contribution in [1.29, 1.82) is 0 Å². The average molecular weight is 412 g/mol. The molecule has 0 unspecified atom stereocenters. The molecule has 6 nitrogen and oxygen atoms in total. The van der Waals surface area contributed by atoms with Crippen LogP contribution < -0.4 is 20.7 Å². The van der Waals surface area contributed by atoms with E-state index >= 15 is 0 Å². The Balaban J connectivity index is 1.65. The highest BCUT2D eigenvalue weighted by Crippen LogP contribution is 2.47. The molecule has 7 heteroatoms. The second-order valence-electron chi connectivity index (χ2n) is 7.44. The van der Waals surface area contributed by atoms with Crippen LogP contribution in [0.5, 0.6) is 5.75 Å². The molecule has 2 heterocycles. The van der Waals surface area contributed by atoms with Crippen LogP contribution in [-0.2, 0) is 15.1 Å². The van der Waals surface area contributed by atoms with Crippen LogP contribution >= 0.6 is 11.8 Å². The third-order valence-electron chi connectivity index (χ3n) is 5.78. The van der Waals surface area contributed by atoms with Gasteiger partial charge in [0.25, 0.3) is 0 Å². The summed E-state index contributed by atoms with van der Waals surface area (Å²) in [4.78, 5) is 26.5.